The molecule has 1 aromatic heterocycles. The number of fused-ring (bicyclic) bond motifs is 3. The monoisotopic (exact) mass is 511 g/mol. The molecule has 0 bridgehead atoms. The Morgan fingerprint density at radius 3 is 2.00 bits per heavy atom. The molecule has 0 saturated heterocycles. The molecule has 40 heavy (non-hydrogen) atoms. The topological polar surface area (TPSA) is 12.9 Å². The van der Waals surface area contributed by atoms with Crippen molar-refractivity contribution in [3.63, 3.8) is 0 Å². The van der Waals surface area contributed by atoms with Crippen molar-refractivity contribution in [2.45, 2.75) is 12.8 Å². The second kappa shape index (κ2) is 10.6. The maximum absolute atomic E-state index is 5.18. The van der Waals surface area contributed by atoms with Crippen LogP contribution in [0.5, 0.6) is 0 Å². The fourth-order valence-corrected chi connectivity index (χ4v) is 5.77. The molecule has 0 N–H and O–H groups in total. The van der Waals surface area contributed by atoms with Gasteiger partial charge in [0, 0.05) is 11.1 Å². The molecule has 0 aliphatic heterocycles. The van der Waals surface area contributed by atoms with E-state index >= 15 is 0 Å². The van der Waals surface area contributed by atoms with Gasteiger partial charge in [-0.1, -0.05) is 127 Å². The molecule has 1 aliphatic carbocycles. The Hall–Kier alpha value is -5.01. The van der Waals surface area contributed by atoms with E-state index in [9.17, 15) is 0 Å². The molecule has 0 saturated carbocycles. The van der Waals surface area contributed by atoms with Gasteiger partial charge in [0.25, 0.3) is 0 Å². The van der Waals surface area contributed by atoms with Crippen molar-refractivity contribution in [1.29, 1.82) is 0 Å². The third-order valence-electron chi connectivity index (χ3n) is 7.74. The molecule has 0 fully saturated rings. The average molecular weight is 512 g/mol. The molecule has 1 nitrogen and oxygen atoms in total. The summed E-state index contributed by atoms with van der Waals surface area (Å²) in [6, 6.07) is 45.5. The molecule has 0 atom stereocenters. The maximum Gasteiger partial charge on any atom is 0.0715 e. The van der Waals surface area contributed by atoms with E-state index in [1.54, 1.807) is 0 Å². The first-order chi connectivity index (χ1) is 19.8. The summed E-state index contributed by atoms with van der Waals surface area (Å²) < 4.78 is 0. The molecule has 0 amide bonds. The minimum absolute atomic E-state index is 0.976. The molecule has 0 spiro atoms. The standard InChI is InChI=1S/C39H29N/c1-2-10-23-36-35(22-9-1)34-21-12-11-18-31(34)25-37(36)30-19-13-20-32(24-30)39-27-33(28-14-5-3-6-15-28)26-38(40-39)29-16-7-4-8-17-29/h1-8,10-21,23-27H,9,22H2. The zero-order chi connectivity index (χ0) is 26.7. The Morgan fingerprint density at radius 2 is 1.18 bits per heavy atom. The summed E-state index contributed by atoms with van der Waals surface area (Å²) in [5, 5.41) is 2.64. The van der Waals surface area contributed by atoms with Crippen LogP contribution in [0.15, 0.2) is 146 Å². The number of benzene rings is 5. The summed E-state index contributed by atoms with van der Waals surface area (Å²) in [4.78, 5) is 5.18. The lowest BCUT2D eigenvalue weighted by atomic mass is 9.87. The van der Waals surface area contributed by atoms with Gasteiger partial charge >= 0.3 is 0 Å². The van der Waals surface area contributed by atoms with Crippen molar-refractivity contribution in [3.8, 4) is 44.8 Å². The van der Waals surface area contributed by atoms with Crippen LogP contribution in [-0.4, -0.2) is 4.98 Å². The van der Waals surface area contributed by atoms with Gasteiger partial charge in [-0.05, 0) is 81.3 Å². The Kier molecular flexibility index (Phi) is 6.39. The van der Waals surface area contributed by atoms with E-state index in [0.717, 1.165) is 35.4 Å². The van der Waals surface area contributed by atoms with Gasteiger partial charge in [-0.25, -0.2) is 4.98 Å². The highest BCUT2D eigenvalue weighted by molar-refractivity contribution is 5.96. The minimum Gasteiger partial charge on any atom is -0.248 e. The van der Waals surface area contributed by atoms with Crippen molar-refractivity contribution in [3.05, 3.63) is 157 Å². The van der Waals surface area contributed by atoms with Crippen LogP contribution in [0.2, 0.25) is 0 Å². The zero-order valence-electron chi connectivity index (χ0n) is 22.3. The molecule has 6 aromatic rings. The number of aryl methyl sites for hydroxylation is 1. The summed E-state index contributed by atoms with van der Waals surface area (Å²) in [5.74, 6) is 0. The van der Waals surface area contributed by atoms with Gasteiger partial charge in [0.15, 0.2) is 0 Å². The van der Waals surface area contributed by atoms with Gasteiger partial charge in [0.05, 0.1) is 11.4 Å². The van der Waals surface area contributed by atoms with E-state index in [0.29, 0.717) is 0 Å². The van der Waals surface area contributed by atoms with Crippen LogP contribution < -0.4 is 0 Å². The van der Waals surface area contributed by atoms with Gasteiger partial charge in [0.1, 0.15) is 0 Å². The molecule has 1 aliphatic rings. The zero-order valence-corrected chi connectivity index (χ0v) is 22.3. The quantitative estimate of drug-likeness (QED) is 0.229. The number of allylic oxidation sites excluding steroid dienone is 3. The molecule has 1 heterocycles. The fraction of sp³-hybridized carbons (Fsp3) is 0.0513. The lowest BCUT2D eigenvalue weighted by molar-refractivity contribution is 1.01. The number of hydrogen-bond donors (Lipinski definition) is 0. The first-order valence-electron chi connectivity index (χ1n) is 13.9. The van der Waals surface area contributed by atoms with Crippen LogP contribution in [0, 0.1) is 0 Å². The van der Waals surface area contributed by atoms with E-state index in [1.165, 1.54) is 44.2 Å². The van der Waals surface area contributed by atoms with E-state index in [2.05, 4.69) is 146 Å². The predicted octanol–water partition coefficient (Wildman–Crippen LogP) is 10.4. The van der Waals surface area contributed by atoms with E-state index in [4.69, 9.17) is 4.98 Å². The molecule has 7 rings (SSSR count). The summed E-state index contributed by atoms with van der Waals surface area (Å²) in [6.45, 7) is 0. The number of pyridine rings is 1. The van der Waals surface area contributed by atoms with Crippen molar-refractivity contribution < 1.29 is 0 Å². The number of hydrogen-bond acceptors (Lipinski definition) is 1. The Balaban J connectivity index is 1.41. The highest BCUT2D eigenvalue weighted by Crippen LogP contribution is 2.37. The first-order valence-corrected chi connectivity index (χ1v) is 13.9. The average Bonchev–Trinajstić information content (AvgIpc) is 3.01. The second-order valence-corrected chi connectivity index (χ2v) is 10.3. The molecule has 0 radical (unpaired) electrons. The summed E-state index contributed by atoms with van der Waals surface area (Å²) in [5.41, 5.74) is 11.8. The van der Waals surface area contributed by atoms with Gasteiger partial charge < -0.3 is 0 Å². The molecule has 1 heteroatoms. The van der Waals surface area contributed by atoms with E-state index in [1.807, 2.05) is 6.07 Å². The van der Waals surface area contributed by atoms with Crippen molar-refractivity contribution in [2.24, 2.45) is 0 Å². The molecular weight excluding hydrogens is 482 g/mol. The molecule has 0 unspecified atom stereocenters. The van der Waals surface area contributed by atoms with Crippen molar-refractivity contribution >= 4 is 16.8 Å². The lowest BCUT2D eigenvalue weighted by Gasteiger charge is -2.18. The maximum atomic E-state index is 5.18. The van der Waals surface area contributed by atoms with Crippen LogP contribution in [0.1, 0.15) is 17.5 Å². The SMILES string of the molecule is C1=CCCc2c(c(-c3cccc(-c4cc(-c5ccccc5)cc(-c5ccccc5)n4)c3)cc3ccccc23)C=C1. The van der Waals surface area contributed by atoms with Crippen molar-refractivity contribution in [2.75, 3.05) is 0 Å². The Labute approximate surface area is 235 Å². The van der Waals surface area contributed by atoms with Crippen LogP contribution >= 0.6 is 0 Å². The minimum atomic E-state index is 0.976. The third-order valence-corrected chi connectivity index (χ3v) is 7.74. The highest BCUT2D eigenvalue weighted by Gasteiger charge is 2.15. The van der Waals surface area contributed by atoms with Crippen LogP contribution in [0.3, 0.4) is 0 Å². The van der Waals surface area contributed by atoms with Gasteiger partial charge in [0.2, 0.25) is 0 Å². The normalized spacial score (nSPS) is 12.6. The molecule has 190 valence electrons. The highest BCUT2D eigenvalue weighted by atomic mass is 14.7. The molecule has 5 aromatic carbocycles. The predicted molar refractivity (Wildman–Crippen MR) is 170 cm³/mol. The van der Waals surface area contributed by atoms with Crippen LogP contribution in [0.25, 0.3) is 61.6 Å². The fourth-order valence-electron chi connectivity index (χ4n) is 5.77. The van der Waals surface area contributed by atoms with E-state index in [-0.39, 0.29) is 0 Å². The van der Waals surface area contributed by atoms with Crippen LogP contribution in [-0.2, 0) is 6.42 Å². The largest absolute Gasteiger partial charge is 0.248 e. The first kappa shape index (κ1) is 24.1. The third kappa shape index (κ3) is 4.67. The molecular formula is C39H29N. The number of rotatable bonds is 4. The van der Waals surface area contributed by atoms with Crippen LogP contribution in [0.4, 0.5) is 0 Å². The second-order valence-electron chi connectivity index (χ2n) is 10.3. The smallest absolute Gasteiger partial charge is 0.0715 e. The van der Waals surface area contributed by atoms with Gasteiger partial charge in [-0.15, -0.1) is 0 Å². The summed E-state index contributed by atoms with van der Waals surface area (Å²) in [7, 11) is 0. The number of aromatic nitrogens is 1. The van der Waals surface area contributed by atoms with E-state index < -0.39 is 0 Å². The number of nitrogens with zero attached hydrogens (tertiary/aromatic N) is 1. The summed E-state index contributed by atoms with van der Waals surface area (Å²) >= 11 is 0. The Morgan fingerprint density at radius 1 is 0.500 bits per heavy atom. The summed E-state index contributed by atoms with van der Waals surface area (Å²) in [6.07, 6.45) is 11.0. The van der Waals surface area contributed by atoms with Gasteiger partial charge in [-0.3, -0.25) is 0 Å². The lowest BCUT2D eigenvalue weighted by Crippen LogP contribution is -1.97. The van der Waals surface area contributed by atoms with Crippen molar-refractivity contribution in [1.82, 2.24) is 4.98 Å². The van der Waals surface area contributed by atoms with Gasteiger partial charge in [-0.2, -0.15) is 0 Å². The Bertz CT molecular complexity index is 1820.